The van der Waals surface area contributed by atoms with Gasteiger partial charge in [0.1, 0.15) is 12.0 Å². The molecule has 0 bridgehead atoms. The SMILES string of the molecule is Nc1c(NCCCN2CCOCC2)ncnc1NNC(=O)c1cccc(Cl)c1. The van der Waals surface area contributed by atoms with Gasteiger partial charge in [-0.15, -0.1) is 0 Å². The van der Waals surface area contributed by atoms with E-state index in [1.165, 1.54) is 6.33 Å². The number of nitrogens with one attached hydrogen (secondary N) is 3. The lowest BCUT2D eigenvalue weighted by molar-refractivity contribution is 0.0378. The molecule has 9 nitrogen and oxygen atoms in total. The molecule has 0 spiro atoms. The van der Waals surface area contributed by atoms with E-state index in [9.17, 15) is 4.79 Å². The van der Waals surface area contributed by atoms with Crippen LogP contribution in [0.1, 0.15) is 16.8 Å². The third kappa shape index (κ3) is 5.69. The van der Waals surface area contributed by atoms with E-state index in [0.29, 0.717) is 27.9 Å². The third-order valence-corrected chi connectivity index (χ3v) is 4.55. The Bertz CT molecular complexity index is 799. The maximum absolute atomic E-state index is 12.2. The molecule has 2 aromatic rings. The molecule has 1 fully saturated rings. The van der Waals surface area contributed by atoms with Gasteiger partial charge < -0.3 is 15.8 Å². The highest BCUT2D eigenvalue weighted by atomic mass is 35.5. The molecule has 28 heavy (non-hydrogen) atoms. The molecule has 1 aromatic carbocycles. The highest BCUT2D eigenvalue weighted by Crippen LogP contribution is 2.21. The van der Waals surface area contributed by atoms with Gasteiger partial charge in [0.05, 0.1) is 13.2 Å². The van der Waals surface area contributed by atoms with E-state index in [-0.39, 0.29) is 5.91 Å². The fraction of sp³-hybridized carbons (Fsp3) is 0.389. The Morgan fingerprint density at radius 2 is 2.04 bits per heavy atom. The monoisotopic (exact) mass is 405 g/mol. The molecular weight excluding hydrogens is 382 g/mol. The van der Waals surface area contributed by atoms with Gasteiger partial charge in [-0.1, -0.05) is 17.7 Å². The zero-order valence-corrected chi connectivity index (χ0v) is 16.2. The summed E-state index contributed by atoms with van der Waals surface area (Å²) in [5, 5.41) is 3.70. The molecule has 0 atom stereocenters. The number of amides is 1. The van der Waals surface area contributed by atoms with Gasteiger partial charge in [0.25, 0.3) is 5.91 Å². The predicted molar refractivity (Wildman–Crippen MR) is 109 cm³/mol. The standard InChI is InChI=1S/C18H24ClN7O2/c19-14-4-1-3-13(11-14)18(27)25-24-17-15(20)16(22-12-23-17)21-5-2-6-26-7-9-28-10-8-26/h1,3-4,11-12H,2,5-10,20H2,(H,25,27)(H2,21,22,23,24). The summed E-state index contributed by atoms with van der Waals surface area (Å²) >= 11 is 5.90. The summed E-state index contributed by atoms with van der Waals surface area (Å²) in [4.78, 5) is 22.8. The number of nitrogens with two attached hydrogens (primary N) is 1. The lowest BCUT2D eigenvalue weighted by atomic mass is 10.2. The summed E-state index contributed by atoms with van der Waals surface area (Å²) < 4.78 is 5.34. The minimum absolute atomic E-state index is 0.320. The molecule has 1 amide bonds. The lowest BCUT2D eigenvalue weighted by Gasteiger charge is -2.26. The predicted octanol–water partition coefficient (Wildman–Crippen LogP) is 1.60. The molecule has 1 aliphatic heterocycles. The van der Waals surface area contributed by atoms with E-state index in [1.54, 1.807) is 24.3 Å². The smallest absolute Gasteiger partial charge is 0.269 e. The average molecular weight is 406 g/mol. The Kier molecular flexibility index (Phi) is 7.24. The Hall–Kier alpha value is -2.62. The Morgan fingerprint density at radius 3 is 2.82 bits per heavy atom. The van der Waals surface area contributed by atoms with Crippen molar-refractivity contribution in [3.63, 3.8) is 0 Å². The minimum Gasteiger partial charge on any atom is -0.393 e. The number of ether oxygens (including phenoxy) is 1. The minimum atomic E-state index is -0.347. The summed E-state index contributed by atoms with van der Waals surface area (Å²) in [6.07, 6.45) is 2.34. The van der Waals surface area contributed by atoms with Crippen LogP contribution in [0.25, 0.3) is 0 Å². The van der Waals surface area contributed by atoms with Crippen molar-refractivity contribution >= 4 is 34.8 Å². The topological polar surface area (TPSA) is 117 Å². The van der Waals surface area contributed by atoms with Crippen molar-refractivity contribution in [2.24, 2.45) is 0 Å². The summed E-state index contributed by atoms with van der Waals surface area (Å²) in [5.41, 5.74) is 12.2. The number of benzene rings is 1. The molecule has 0 unspecified atom stereocenters. The number of anilines is 3. The molecule has 0 aliphatic carbocycles. The van der Waals surface area contributed by atoms with Crippen LogP contribution in [0.15, 0.2) is 30.6 Å². The summed E-state index contributed by atoms with van der Waals surface area (Å²) in [6.45, 7) is 5.24. The molecular formula is C18H24ClN7O2. The second-order valence-electron chi connectivity index (χ2n) is 6.31. The second kappa shape index (κ2) is 10.1. The molecule has 2 heterocycles. The van der Waals surface area contributed by atoms with Crippen molar-refractivity contribution in [3.8, 4) is 0 Å². The van der Waals surface area contributed by atoms with Crippen LogP contribution in [0.5, 0.6) is 0 Å². The first kappa shape index (κ1) is 20.1. The van der Waals surface area contributed by atoms with Crippen molar-refractivity contribution in [2.45, 2.75) is 6.42 Å². The quantitative estimate of drug-likeness (QED) is 0.386. The van der Waals surface area contributed by atoms with Crippen LogP contribution in [0.3, 0.4) is 0 Å². The van der Waals surface area contributed by atoms with Crippen molar-refractivity contribution in [2.75, 3.05) is 55.9 Å². The van der Waals surface area contributed by atoms with Crippen molar-refractivity contribution in [1.82, 2.24) is 20.3 Å². The molecule has 10 heteroatoms. The van der Waals surface area contributed by atoms with Gasteiger partial charge in [-0.25, -0.2) is 9.97 Å². The van der Waals surface area contributed by atoms with E-state index < -0.39 is 0 Å². The molecule has 0 radical (unpaired) electrons. The maximum atomic E-state index is 12.2. The van der Waals surface area contributed by atoms with E-state index in [1.807, 2.05) is 0 Å². The number of carbonyl (C=O) groups is 1. The van der Waals surface area contributed by atoms with Gasteiger partial charge >= 0.3 is 0 Å². The summed E-state index contributed by atoms with van der Waals surface area (Å²) in [7, 11) is 0. The Morgan fingerprint density at radius 1 is 1.25 bits per heavy atom. The third-order valence-electron chi connectivity index (χ3n) is 4.31. The number of carbonyl (C=O) groups excluding carboxylic acids is 1. The Labute approximate surface area is 168 Å². The average Bonchev–Trinajstić information content (AvgIpc) is 2.72. The van der Waals surface area contributed by atoms with Crippen molar-refractivity contribution in [3.05, 3.63) is 41.2 Å². The Balaban J connectivity index is 1.48. The highest BCUT2D eigenvalue weighted by Gasteiger charge is 2.12. The maximum Gasteiger partial charge on any atom is 0.269 e. The number of halogens is 1. The van der Waals surface area contributed by atoms with Crippen LogP contribution in [0, 0.1) is 0 Å². The highest BCUT2D eigenvalue weighted by molar-refractivity contribution is 6.30. The number of hydrazine groups is 1. The van der Waals surface area contributed by atoms with E-state index in [0.717, 1.165) is 45.8 Å². The molecule has 5 N–H and O–H groups in total. The van der Waals surface area contributed by atoms with Gasteiger partial charge in [0.15, 0.2) is 11.6 Å². The summed E-state index contributed by atoms with van der Waals surface area (Å²) in [6, 6.07) is 6.64. The van der Waals surface area contributed by atoms with E-state index in [4.69, 9.17) is 22.1 Å². The first-order valence-electron chi connectivity index (χ1n) is 9.10. The molecule has 150 valence electrons. The largest absolute Gasteiger partial charge is 0.393 e. The normalized spacial score (nSPS) is 14.5. The number of morpholine rings is 1. The lowest BCUT2D eigenvalue weighted by Crippen LogP contribution is -2.37. The van der Waals surface area contributed by atoms with E-state index in [2.05, 4.69) is 31.0 Å². The first-order chi connectivity index (χ1) is 13.6. The zero-order valence-electron chi connectivity index (χ0n) is 15.4. The van der Waals surface area contributed by atoms with Gasteiger partial charge in [-0.2, -0.15) is 0 Å². The molecule has 1 saturated heterocycles. The number of nitrogens with zero attached hydrogens (tertiary/aromatic N) is 3. The molecule has 1 aromatic heterocycles. The fourth-order valence-electron chi connectivity index (χ4n) is 2.79. The van der Waals surface area contributed by atoms with Gasteiger partial charge in [0, 0.05) is 30.2 Å². The first-order valence-corrected chi connectivity index (χ1v) is 9.47. The summed E-state index contributed by atoms with van der Waals surface area (Å²) in [5.74, 6) is 0.498. The van der Waals surface area contributed by atoms with Crippen LogP contribution in [-0.2, 0) is 4.74 Å². The number of nitrogen functional groups attached to an aromatic ring is 1. The van der Waals surface area contributed by atoms with Gasteiger partial charge in [-0.3, -0.25) is 20.5 Å². The van der Waals surface area contributed by atoms with Crippen LogP contribution >= 0.6 is 11.6 Å². The van der Waals surface area contributed by atoms with Crippen LogP contribution < -0.4 is 21.9 Å². The number of hydrogen-bond acceptors (Lipinski definition) is 8. The van der Waals surface area contributed by atoms with Crippen LogP contribution in [-0.4, -0.2) is 60.2 Å². The number of hydrogen-bond donors (Lipinski definition) is 4. The second-order valence-corrected chi connectivity index (χ2v) is 6.74. The van der Waals surface area contributed by atoms with Gasteiger partial charge in [0.2, 0.25) is 0 Å². The van der Waals surface area contributed by atoms with Crippen molar-refractivity contribution in [1.29, 1.82) is 0 Å². The van der Waals surface area contributed by atoms with E-state index >= 15 is 0 Å². The number of aromatic nitrogens is 2. The fourth-order valence-corrected chi connectivity index (χ4v) is 2.98. The molecule has 3 rings (SSSR count). The van der Waals surface area contributed by atoms with Gasteiger partial charge in [-0.05, 0) is 31.2 Å². The zero-order chi connectivity index (χ0) is 19.8. The van der Waals surface area contributed by atoms with Crippen LogP contribution in [0.4, 0.5) is 17.3 Å². The van der Waals surface area contributed by atoms with Crippen LogP contribution in [0.2, 0.25) is 5.02 Å². The number of rotatable bonds is 8. The molecule has 1 aliphatic rings. The van der Waals surface area contributed by atoms with Crippen molar-refractivity contribution < 1.29 is 9.53 Å². The molecule has 0 saturated carbocycles.